The molecule has 162 valence electrons. The van der Waals surface area contributed by atoms with Crippen LogP contribution in [0, 0.1) is 12.7 Å². The second-order valence-corrected chi connectivity index (χ2v) is 8.07. The maximum Gasteiger partial charge on any atom is 0.265 e. The molecule has 0 aliphatic rings. The third-order valence-corrected chi connectivity index (χ3v) is 5.87. The van der Waals surface area contributed by atoms with Crippen molar-refractivity contribution in [3.8, 4) is 5.69 Å². The predicted octanol–water partition coefficient (Wildman–Crippen LogP) is 5.31. The molecule has 0 unspecified atom stereocenters. The van der Waals surface area contributed by atoms with Gasteiger partial charge in [-0.25, -0.2) is 19.3 Å². The molecule has 0 bridgehead atoms. The van der Waals surface area contributed by atoms with Crippen molar-refractivity contribution in [2.24, 2.45) is 0 Å². The number of para-hydroxylation sites is 2. The molecule has 3 heterocycles. The monoisotopic (exact) mass is 429 g/mol. The van der Waals surface area contributed by atoms with E-state index in [0.29, 0.717) is 45.8 Å². The second-order valence-electron chi connectivity index (χ2n) is 8.07. The highest BCUT2D eigenvalue weighted by Gasteiger charge is 2.22. The Kier molecular flexibility index (Phi) is 5.17. The van der Waals surface area contributed by atoms with Gasteiger partial charge in [0.1, 0.15) is 22.5 Å². The van der Waals surface area contributed by atoms with E-state index in [9.17, 15) is 9.18 Å². The van der Waals surface area contributed by atoms with E-state index < -0.39 is 0 Å². The van der Waals surface area contributed by atoms with Gasteiger partial charge in [0.15, 0.2) is 11.3 Å². The van der Waals surface area contributed by atoms with E-state index in [1.807, 2.05) is 31.2 Å². The number of nitrogens with zero attached hydrogens (tertiary/aromatic N) is 5. The quantitative estimate of drug-likeness (QED) is 0.343. The van der Waals surface area contributed by atoms with Crippen LogP contribution < -0.4 is 5.56 Å². The summed E-state index contributed by atoms with van der Waals surface area (Å²) in [6.07, 6.45) is 4.28. The van der Waals surface area contributed by atoms with Gasteiger partial charge in [0.05, 0.1) is 11.0 Å². The maximum atomic E-state index is 13.6. The average molecular weight is 429 g/mol. The fraction of sp³-hybridized carbons (Fsp3) is 0.280. The average Bonchev–Trinajstić information content (AvgIpc) is 3.10. The zero-order valence-electron chi connectivity index (χ0n) is 18.2. The molecule has 0 fully saturated rings. The summed E-state index contributed by atoms with van der Waals surface area (Å²) in [5, 5.41) is 0.448. The topological polar surface area (TPSA) is 65.6 Å². The Balaban J connectivity index is 1.83. The number of benzene rings is 2. The molecule has 0 N–H and O–H groups in total. The first-order chi connectivity index (χ1) is 15.6. The van der Waals surface area contributed by atoms with Gasteiger partial charge in [-0.1, -0.05) is 38.3 Å². The summed E-state index contributed by atoms with van der Waals surface area (Å²) >= 11 is 0. The normalized spacial score (nSPS) is 11.7. The Bertz CT molecular complexity index is 1500. The first kappa shape index (κ1) is 20.3. The van der Waals surface area contributed by atoms with E-state index in [4.69, 9.17) is 15.0 Å². The minimum absolute atomic E-state index is 0.112. The lowest BCUT2D eigenvalue weighted by molar-refractivity contribution is 0.556. The minimum atomic E-state index is -0.329. The molecule has 0 aliphatic heterocycles. The van der Waals surface area contributed by atoms with Crippen molar-refractivity contribution in [3.05, 3.63) is 70.5 Å². The van der Waals surface area contributed by atoms with Gasteiger partial charge in [-0.05, 0) is 49.7 Å². The Morgan fingerprint density at radius 1 is 0.875 bits per heavy atom. The lowest BCUT2D eigenvalue weighted by Gasteiger charge is -2.11. The molecule has 5 aromatic rings. The molecule has 2 aromatic carbocycles. The largest absolute Gasteiger partial charge is 0.296 e. The molecule has 3 aromatic heterocycles. The summed E-state index contributed by atoms with van der Waals surface area (Å²) in [7, 11) is 0. The molecule has 0 amide bonds. The molecule has 0 atom stereocenters. The second kappa shape index (κ2) is 8.15. The Morgan fingerprint density at radius 2 is 1.59 bits per heavy atom. The van der Waals surface area contributed by atoms with Crippen LogP contribution >= 0.6 is 0 Å². The van der Waals surface area contributed by atoms with Gasteiger partial charge in [0.25, 0.3) is 5.56 Å². The molecule has 0 radical (unpaired) electrons. The van der Waals surface area contributed by atoms with Crippen molar-refractivity contribution in [2.45, 2.75) is 46.1 Å². The summed E-state index contributed by atoms with van der Waals surface area (Å²) < 4.78 is 17.2. The van der Waals surface area contributed by atoms with Gasteiger partial charge in [-0.15, -0.1) is 0 Å². The summed E-state index contributed by atoms with van der Waals surface area (Å²) in [6.45, 7) is 4.64. The maximum absolute atomic E-state index is 13.6. The van der Waals surface area contributed by atoms with Gasteiger partial charge in [0.2, 0.25) is 0 Å². The molecule has 6 nitrogen and oxygen atoms in total. The number of fused-ring (bicyclic) bond motifs is 4. The standard InChI is InChI=1S/C25H24FN5O/c1-3-4-5-8-15-30-16(2)27-23-21(25(30)32)22-24(29-20-10-7-6-9-19(20)28-22)31(23)18-13-11-17(26)12-14-18/h6-7,9-14H,3-5,8,15H2,1-2H3. The fourth-order valence-electron chi connectivity index (χ4n) is 4.23. The van der Waals surface area contributed by atoms with Crippen molar-refractivity contribution < 1.29 is 4.39 Å². The molecule has 7 heteroatoms. The van der Waals surface area contributed by atoms with E-state index in [1.165, 1.54) is 12.1 Å². The molecule has 32 heavy (non-hydrogen) atoms. The van der Waals surface area contributed by atoms with Crippen molar-refractivity contribution in [2.75, 3.05) is 0 Å². The van der Waals surface area contributed by atoms with Crippen molar-refractivity contribution in [1.82, 2.24) is 24.1 Å². The molecule has 0 saturated heterocycles. The van der Waals surface area contributed by atoms with E-state index >= 15 is 0 Å². The lowest BCUT2D eigenvalue weighted by atomic mass is 10.2. The Labute approximate surface area is 184 Å². The summed E-state index contributed by atoms with van der Waals surface area (Å²) in [5.74, 6) is 0.319. The number of unbranched alkanes of at least 4 members (excludes halogenated alkanes) is 3. The minimum Gasteiger partial charge on any atom is -0.296 e. The van der Waals surface area contributed by atoms with Crippen LogP contribution in [0.3, 0.4) is 0 Å². The number of rotatable bonds is 6. The Morgan fingerprint density at radius 3 is 2.31 bits per heavy atom. The third-order valence-electron chi connectivity index (χ3n) is 5.87. The highest BCUT2D eigenvalue weighted by atomic mass is 19.1. The van der Waals surface area contributed by atoms with Crippen LogP contribution in [0.4, 0.5) is 4.39 Å². The van der Waals surface area contributed by atoms with Crippen LogP contribution in [0.2, 0.25) is 0 Å². The van der Waals surface area contributed by atoms with Gasteiger partial charge < -0.3 is 0 Å². The molecular formula is C25H24FN5O. The van der Waals surface area contributed by atoms with E-state index in [0.717, 1.165) is 31.2 Å². The summed E-state index contributed by atoms with van der Waals surface area (Å²) in [4.78, 5) is 28.1. The smallest absolute Gasteiger partial charge is 0.265 e. The predicted molar refractivity (Wildman–Crippen MR) is 125 cm³/mol. The number of hydrogen-bond acceptors (Lipinski definition) is 4. The number of aromatic nitrogens is 5. The van der Waals surface area contributed by atoms with E-state index in [-0.39, 0.29) is 11.4 Å². The van der Waals surface area contributed by atoms with Gasteiger partial charge in [0, 0.05) is 12.2 Å². The fourth-order valence-corrected chi connectivity index (χ4v) is 4.23. The zero-order valence-corrected chi connectivity index (χ0v) is 18.2. The van der Waals surface area contributed by atoms with Gasteiger partial charge in [-0.3, -0.25) is 13.9 Å². The summed E-state index contributed by atoms with van der Waals surface area (Å²) in [6, 6.07) is 13.7. The van der Waals surface area contributed by atoms with Gasteiger partial charge in [-0.2, -0.15) is 0 Å². The van der Waals surface area contributed by atoms with Crippen molar-refractivity contribution in [1.29, 1.82) is 0 Å². The third kappa shape index (κ3) is 3.34. The summed E-state index contributed by atoms with van der Waals surface area (Å²) in [5.41, 5.74) is 3.56. The molecule has 0 saturated carbocycles. The number of hydrogen-bond donors (Lipinski definition) is 0. The first-order valence-electron chi connectivity index (χ1n) is 11.0. The van der Waals surface area contributed by atoms with Crippen LogP contribution in [-0.4, -0.2) is 24.1 Å². The molecule has 5 rings (SSSR count). The van der Waals surface area contributed by atoms with Gasteiger partial charge >= 0.3 is 0 Å². The van der Waals surface area contributed by atoms with Crippen LogP contribution in [0.25, 0.3) is 38.9 Å². The van der Waals surface area contributed by atoms with E-state index in [1.54, 1.807) is 21.3 Å². The highest BCUT2D eigenvalue weighted by Crippen LogP contribution is 2.28. The molecule has 0 spiro atoms. The van der Waals surface area contributed by atoms with Crippen LogP contribution in [0.5, 0.6) is 0 Å². The van der Waals surface area contributed by atoms with E-state index in [2.05, 4.69) is 6.92 Å². The molecule has 0 aliphatic carbocycles. The first-order valence-corrected chi connectivity index (χ1v) is 11.0. The Hall–Kier alpha value is -3.61. The number of halogens is 1. The van der Waals surface area contributed by atoms with Crippen LogP contribution in [0.1, 0.15) is 38.4 Å². The lowest BCUT2D eigenvalue weighted by Crippen LogP contribution is -2.24. The zero-order chi connectivity index (χ0) is 22.2. The van der Waals surface area contributed by atoms with Crippen LogP contribution in [-0.2, 0) is 6.54 Å². The highest BCUT2D eigenvalue weighted by molar-refractivity contribution is 6.05. The van der Waals surface area contributed by atoms with Crippen LogP contribution in [0.15, 0.2) is 53.3 Å². The molecular weight excluding hydrogens is 405 g/mol. The van der Waals surface area contributed by atoms with Crippen molar-refractivity contribution in [3.63, 3.8) is 0 Å². The SMILES string of the molecule is CCCCCCn1c(C)nc2c(c1=O)c1nc3ccccc3nc1n2-c1ccc(F)cc1. The number of aryl methyl sites for hydroxylation is 1. The van der Waals surface area contributed by atoms with Crippen molar-refractivity contribution >= 4 is 33.2 Å².